The molecule has 2 aliphatic rings. The second kappa shape index (κ2) is 6.75. The molecule has 0 spiro atoms. The first-order chi connectivity index (χ1) is 9.15. The molecule has 1 aliphatic carbocycles. The number of carbonyl (C=O) groups is 2. The van der Waals surface area contributed by atoms with E-state index in [0.717, 1.165) is 45.2 Å². The summed E-state index contributed by atoms with van der Waals surface area (Å²) in [7, 11) is 0. The molecule has 2 unspecified atom stereocenters. The van der Waals surface area contributed by atoms with Crippen LogP contribution in [0.2, 0.25) is 0 Å². The quantitative estimate of drug-likeness (QED) is 0.722. The Labute approximate surface area is 113 Å². The maximum atomic E-state index is 11.8. The number of hydrogen-bond donors (Lipinski definition) is 3. The van der Waals surface area contributed by atoms with Crippen molar-refractivity contribution in [1.29, 1.82) is 0 Å². The van der Waals surface area contributed by atoms with Crippen LogP contribution in [0.5, 0.6) is 0 Å². The molecule has 0 aromatic rings. The van der Waals surface area contributed by atoms with Crippen LogP contribution in [0.15, 0.2) is 0 Å². The zero-order valence-corrected chi connectivity index (χ0v) is 11.2. The Morgan fingerprint density at radius 2 is 1.79 bits per heavy atom. The van der Waals surface area contributed by atoms with E-state index in [9.17, 15) is 9.59 Å². The van der Waals surface area contributed by atoms with Gasteiger partial charge in [0.05, 0.1) is 5.92 Å². The monoisotopic (exact) mass is 269 g/mol. The highest BCUT2D eigenvalue weighted by molar-refractivity contribution is 5.74. The summed E-state index contributed by atoms with van der Waals surface area (Å²) in [5, 5.41) is 13.9. The second-order valence-corrected chi connectivity index (χ2v) is 5.53. The minimum absolute atomic E-state index is 0.0142. The van der Waals surface area contributed by atoms with Gasteiger partial charge in [-0.05, 0) is 32.1 Å². The first kappa shape index (κ1) is 14.1. The summed E-state index contributed by atoms with van der Waals surface area (Å²) in [5.41, 5.74) is 2.85. The average molecular weight is 269 g/mol. The molecule has 0 aromatic heterocycles. The van der Waals surface area contributed by atoms with E-state index in [4.69, 9.17) is 5.11 Å². The van der Waals surface area contributed by atoms with Crippen molar-refractivity contribution in [3.63, 3.8) is 0 Å². The van der Waals surface area contributed by atoms with Crippen molar-refractivity contribution < 1.29 is 14.7 Å². The van der Waals surface area contributed by atoms with Gasteiger partial charge in [-0.3, -0.25) is 10.2 Å². The molecule has 0 radical (unpaired) electrons. The molecular formula is C13H23N3O3. The summed E-state index contributed by atoms with van der Waals surface area (Å²) in [6.45, 7) is 1.80. The first-order valence-electron chi connectivity index (χ1n) is 7.20. The van der Waals surface area contributed by atoms with Gasteiger partial charge in [0.1, 0.15) is 0 Å². The van der Waals surface area contributed by atoms with Gasteiger partial charge in [-0.2, -0.15) is 0 Å². The lowest BCUT2D eigenvalue weighted by molar-refractivity contribution is -0.143. The number of nitrogens with zero attached hydrogens (tertiary/aromatic N) is 1. The Bertz CT molecular complexity index is 329. The van der Waals surface area contributed by atoms with Gasteiger partial charge >= 0.3 is 12.0 Å². The predicted octanol–water partition coefficient (Wildman–Crippen LogP) is 1.33. The topological polar surface area (TPSA) is 81.7 Å². The average Bonchev–Trinajstić information content (AvgIpc) is 2.40. The smallest absolute Gasteiger partial charge is 0.329 e. The van der Waals surface area contributed by atoms with Crippen LogP contribution in [0.1, 0.15) is 44.9 Å². The van der Waals surface area contributed by atoms with E-state index >= 15 is 0 Å². The van der Waals surface area contributed by atoms with Crippen LogP contribution in [0, 0.1) is 5.92 Å². The predicted molar refractivity (Wildman–Crippen MR) is 70.5 cm³/mol. The van der Waals surface area contributed by atoms with E-state index in [1.165, 1.54) is 6.42 Å². The molecule has 1 saturated heterocycles. The van der Waals surface area contributed by atoms with Crippen molar-refractivity contribution in [2.24, 2.45) is 5.92 Å². The van der Waals surface area contributed by atoms with Gasteiger partial charge in [0.15, 0.2) is 0 Å². The summed E-state index contributed by atoms with van der Waals surface area (Å²) in [6.07, 6.45) is 6.46. The first-order valence-corrected chi connectivity index (χ1v) is 7.20. The van der Waals surface area contributed by atoms with E-state index in [1.54, 1.807) is 0 Å². The zero-order valence-electron chi connectivity index (χ0n) is 11.2. The Morgan fingerprint density at radius 1 is 1.05 bits per heavy atom. The number of carboxylic acids is 1. The highest BCUT2D eigenvalue weighted by Gasteiger charge is 2.28. The highest BCUT2D eigenvalue weighted by atomic mass is 16.4. The molecular weight excluding hydrogens is 246 g/mol. The molecule has 0 aromatic carbocycles. The summed E-state index contributed by atoms with van der Waals surface area (Å²) in [6, 6.07) is -0.211. The van der Waals surface area contributed by atoms with Crippen LogP contribution in [0.4, 0.5) is 4.79 Å². The second-order valence-electron chi connectivity index (χ2n) is 5.53. The largest absolute Gasteiger partial charge is 0.481 e. The van der Waals surface area contributed by atoms with Gasteiger partial charge in [-0.15, -0.1) is 0 Å². The van der Waals surface area contributed by atoms with Crippen LogP contribution in [-0.4, -0.2) is 41.2 Å². The molecule has 2 rings (SSSR count). The lowest BCUT2D eigenvalue weighted by atomic mass is 9.86. The Balaban J connectivity index is 1.73. The third-order valence-corrected chi connectivity index (χ3v) is 3.97. The molecule has 1 saturated carbocycles. The Hall–Kier alpha value is -1.30. The van der Waals surface area contributed by atoms with Crippen molar-refractivity contribution in [3.8, 4) is 0 Å². The van der Waals surface area contributed by atoms with E-state index in [0.29, 0.717) is 6.42 Å². The molecule has 108 valence electrons. The van der Waals surface area contributed by atoms with Crippen molar-refractivity contribution >= 4 is 12.0 Å². The van der Waals surface area contributed by atoms with Crippen LogP contribution in [0.25, 0.3) is 0 Å². The van der Waals surface area contributed by atoms with Gasteiger partial charge in [0.2, 0.25) is 0 Å². The fourth-order valence-electron chi connectivity index (χ4n) is 2.91. The molecule has 2 atom stereocenters. The number of piperidine rings is 1. The number of hydrazine groups is 1. The zero-order chi connectivity index (χ0) is 13.7. The SMILES string of the molecule is O=C(NC1CCCC(C(=O)O)C1)NN1CCCCC1. The lowest BCUT2D eigenvalue weighted by Crippen LogP contribution is -2.52. The summed E-state index contributed by atoms with van der Waals surface area (Å²) in [5.74, 6) is -1.06. The van der Waals surface area contributed by atoms with Crippen molar-refractivity contribution in [2.45, 2.75) is 51.0 Å². The summed E-state index contributed by atoms with van der Waals surface area (Å²) < 4.78 is 0. The molecule has 1 aliphatic heterocycles. The van der Waals surface area contributed by atoms with Gasteiger partial charge in [0.25, 0.3) is 0 Å². The fourth-order valence-corrected chi connectivity index (χ4v) is 2.91. The number of rotatable bonds is 3. The van der Waals surface area contributed by atoms with Crippen LogP contribution < -0.4 is 10.7 Å². The fraction of sp³-hybridized carbons (Fsp3) is 0.846. The molecule has 2 amide bonds. The Kier molecular flexibility index (Phi) is 5.01. The molecule has 19 heavy (non-hydrogen) atoms. The van der Waals surface area contributed by atoms with E-state index in [-0.39, 0.29) is 18.0 Å². The van der Waals surface area contributed by atoms with Crippen molar-refractivity contribution in [1.82, 2.24) is 15.8 Å². The maximum Gasteiger partial charge on any atom is 0.329 e. The third-order valence-electron chi connectivity index (χ3n) is 3.97. The van der Waals surface area contributed by atoms with Crippen LogP contribution in [-0.2, 0) is 4.79 Å². The van der Waals surface area contributed by atoms with Crippen LogP contribution >= 0.6 is 0 Å². The number of nitrogens with one attached hydrogen (secondary N) is 2. The highest BCUT2D eigenvalue weighted by Crippen LogP contribution is 2.24. The van der Waals surface area contributed by atoms with Gasteiger partial charge in [0, 0.05) is 19.1 Å². The van der Waals surface area contributed by atoms with E-state index < -0.39 is 5.97 Å². The van der Waals surface area contributed by atoms with Crippen molar-refractivity contribution in [2.75, 3.05) is 13.1 Å². The summed E-state index contributed by atoms with van der Waals surface area (Å²) >= 11 is 0. The third kappa shape index (κ3) is 4.38. The number of carboxylic acid groups (broad SMARTS) is 1. The number of aliphatic carboxylic acids is 1. The number of amides is 2. The number of carbonyl (C=O) groups excluding carboxylic acids is 1. The molecule has 0 bridgehead atoms. The molecule has 6 nitrogen and oxygen atoms in total. The minimum Gasteiger partial charge on any atom is -0.481 e. The van der Waals surface area contributed by atoms with Gasteiger partial charge in [-0.1, -0.05) is 12.8 Å². The normalized spacial score (nSPS) is 28.6. The minimum atomic E-state index is -0.747. The van der Waals surface area contributed by atoms with Gasteiger partial charge < -0.3 is 10.4 Å². The van der Waals surface area contributed by atoms with Crippen LogP contribution in [0.3, 0.4) is 0 Å². The lowest BCUT2D eigenvalue weighted by Gasteiger charge is -2.30. The number of hydrogen-bond acceptors (Lipinski definition) is 3. The maximum absolute atomic E-state index is 11.8. The van der Waals surface area contributed by atoms with Gasteiger partial charge in [-0.25, -0.2) is 9.80 Å². The number of urea groups is 1. The molecule has 1 heterocycles. The molecule has 6 heteroatoms. The summed E-state index contributed by atoms with van der Waals surface area (Å²) in [4.78, 5) is 22.8. The Morgan fingerprint density at radius 3 is 2.47 bits per heavy atom. The molecule has 3 N–H and O–H groups in total. The van der Waals surface area contributed by atoms with Crippen molar-refractivity contribution in [3.05, 3.63) is 0 Å². The standard InChI is InChI=1S/C13H23N3O3/c17-12(18)10-5-4-6-11(9-10)14-13(19)15-16-7-2-1-3-8-16/h10-11H,1-9H2,(H,17,18)(H2,14,15,19). The molecule has 2 fully saturated rings. The van der Waals surface area contributed by atoms with E-state index in [1.807, 2.05) is 5.01 Å². The van der Waals surface area contributed by atoms with E-state index in [2.05, 4.69) is 10.7 Å².